The monoisotopic (exact) mass is 569 g/mol. The fourth-order valence-electron chi connectivity index (χ4n) is 5.69. The first-order chi connectivity index (χ1) is 19.0. The van der Waals surface area contributed by atoms with E-state index < -0.39 is 40.0 Å². The van der Waals surface area contributed by atoms with Gasteiger partial charge in [-0.05, 0) is 57.6 Å². The number of halogens is 2. The summed E-state index contributed by atoms with van der Waals surface area (Å²) in [5.74, 6) is -2.40. The van der Waals surface area contributed by atoms with Crippen LogP contribution in [0.4, 0.5) is 8.78 Å². The first-order valence-electron chi connectivity index (χ1n) is 13.7. The van der Waals surface area contributed by atoms with Gasteiger partial charge in [-0.15, -0.1) is 0 Å². The Morgan fingerprint density at radius 1 is 1.00 bits per heavy atom. The predicted octanol–water partition coefficient (Wildman–Crippen LogP) is 7.86. The Balaban J connectivity index is 2.13. The number of aliphatic carboxylic acids is 1. The van der Waals surface area contributed by atoms with Gasteiger partial charge >= 0.3 is 5.97 Å². The summed E-state index contributed by atoms with van der Waals surface area (Å²) in [7, 11) is 1.45. The fourth-order valence-corrected chi connectivity index (χ4v) is 5.69. The molecule has 3 rings (SSSR count). The van der Waals surface area contributed by atoms with Crippen LogP contribution in [0, 0.1) is 22.5 Å². The summed E-state index contributed by atoms with van der Waals surface area (Å²) in [5, 5.41) is 21.7. The number of benzene rings is 2. The van der Waals surface area contributed by atoms with Crippen molar-refractivity contribution in [3.63, 3.8) is 0 Å². The highest BCUT2D eigenvalue weighted by molar-refractivity contribution is 5.71. The summed E-state index contributed by atoms with van der Waals surface area (Å²) in [4.78, 5) is 15.2. The van der Waals surface area contributed by atoms with Gasteiger partial charge in [0, 0.05) is 11.6 Å². The van der Waals surface area contributed by atoms with Crippen molar-refractivity contribution in [3.8, 4) is 22.8 Å². The van der Waals surface area contributed by atoms with Crippen molar-refractivity contribution in [2.75, 3.05) is 7.11 Å². The van der Waals surface area contributed by atoms with E-state index in [-0.39, 0.29) is 30.2 Å². The first kappa shape index (κ1) is 32.0. The van der Waals surface area contributed by atoms with Crippen molar-refractivity contribution in [2.45, 2.75) is 79.4 Å². The normalized spacial score (nSPS) is 13.1. The second kappa shape index (κ2) is 12.1. The molecule has 41 heavy (non-hydrogen) atoms. The van der Waals surface area contributed by atoms with Gasteiger partial charge < -0.3 is 19.7 Å². The molecule has 0 radical (unpaired) electrons. The third kappa shape index (κ3) is 6.53. The largest absolute Gasteiger partial charge is 0.486 e. The molecule has 2 N–H and O–H groups in total. The predicted molar refractivity (Wildman–Crippen MR) is 155 cm³/mol. The molecule has 8 heteroatoms. The molecule has 222 valence electrons. The second-order valence-corrected chi connectivity index (χ2v) is 12.4. The molecule has 0 saturated heterocycles. The Labute approximate surface area is 241 Å². The van der Waals surface area contributed by atoms with Crippen molar-refractivity contribution in [1.29, 1.82) is 0 Å². The van der Waals surface area contributed by atoms with E-state index >= 15 is 8.78 Å². The summed E-state index contributed by atoms with van der Waals surface area (Å²) in [6.07, 6.45) is 1.37. The quantitative estimate of drug-likeness (QED) is 0.258. The van der Waals surface area contributed by atoms with Gasteiger partial charge in [-0.25, -0.2) is 13.8 Å². The number of aliphatic hydroxyl groups is 1. The molecule has 6 nitrogen and oxygen atoms in total. The van der Waals surface area contributed by atoms with E-state index in [4.69, 9.17) is 9.47 Å². The van der Waals surface area contributed by atoms with E-state index in [0.717, 1.165) is 6.20 Å². The molecule has 3 aromatic rings. The van der Waals surface area contributed by atoms with E-state index in [1.807, 2.05) is 48.5 Å². The average molecular weight is 570 g/mol. The number of aromatic nitrogens is 1. The SMILES string of the molecule is CC[C@H](CC(=O)O)c1cccc(OCc2ccc(-c3cc(OC)ncc3F)c(C(O)(C(C)(C)C)C(C)(C)C)c2)c1F. The fraction of sp³-hybridized carbons (Fsp3) is 0.455. The number of nitrogens with zero attached hydrogens (tertiary/aromatic N) is 1. The lowest BCUT2D eigenvalue weighted by Crippen LogP contribution is -2.50. The molecule has 0 spiro atoms. The van der Waals surface area contributed by atoms with Gasteiger partial charge in [0.05, 0.1) is 25.3 Å². The maximum absolute atomic E-state index is 15.4. The second-order valence-electron chi connectivity index (χ2n) is 12.4. The highest BCUT2D eigenvalue weighted by Gasteiger charge is 2.51. The lowest BCUT2D eigenvalue weighted by atomic mass is 9.58. The topological polar surface area (TPSA) is 88.9 Å². The zero-order valence-electron chi connectivity index (χ0n) is 25.1. The molecule has 0 amide bonds. The summed E-state index contributed by atoms with van der Waals surface area (Å²) in [5.41, 5.74) is -0.655. The summed E-state index contributed by atoms with van der Waals surface area (Å²) in [6, 6.07) is 11.5. The van der Waals surface area contributed by atoms with Crippen LogP contribution in [0.3, 0.4) is 0 Å². The molecule has 2 aromatic carbocycles. The zero-order chi connectivity index (χ0) is 30.8. The minimum absolute atomic E-state index is 0.00350. The highest BCUT2D eigenvalue weighted by Crippen LogP contribution is 2.54. The molecule has 0 saturated carbocycles. The van der Waals surface area contributed by atoms with Crippen LogP contribution in [-0.4, -0.2) is 28.3 Å². The number of carbonyl (C=O) groups is 1. The number of rotatable bonds is 10. The van der Waals surface area contributed by atoms with Crippen LogP contribution in [0.5, 0.6) is 11.6 Å². The summed E-state index contributed by atoms with van der Waals surface area (Å²) >= 11 is 0. The maximum atomic E-state index is 15.4. The van der Waals surface area contributed by atoms with Crippen molar-refractivity contribution in [1.82, 2.24) is 4.98 Å². The third-order valence-corrected chi connectivity index (χ3v) is 7.72. The minimum atomic E-state index is -1.44. The van der Waals surface area contributed by atoms with E-state index in [1.165, 1.54) is 19.2 Å². The summed E-state index contributed by atoms with van der Waals surface area (Å²) in [6.45, 7) is 13.3. The van der Waals surface area contributed by atoms with Crippen LogP contribution in [0.2, 0.25) is 0 Å². The van der Waals surface area contributed by atoms with Gasteiger partial charge in [-0.1, -0.05) is 72.7 Å². The third-order valence-electron chi connectivity index (χ3n) is 7.72. The number of carboxylic acid groups (broad SMARTS) is 1. The van der Waals surface area contributed by atoms with Crippen molar-refractivity contribution >= 4 is 5.97 Å². The van der Waals surface area contributed by atoms with E-state index in [2.05, 4.69) is 4.98 Å². The molecule has 0 fully saturated rings. The first-order valence-corrected chi connectivity index (χ1v) is 13.7. The lowest BCUT2D eigenvalue weighted by Gasteiger charge is -2.51. The Morgan fingerprint density at radius 3 is 2.22 bits per heavy atom. The molecule has 0 aliphatic rings. The number of pyridine rings is 1. The zero-order valence-corrected chi connectivity index (χ0v) is 25.1. The van der Waals surface area contributed by atoms with Crippen LogP contribution in [0.15, 0.2) is 48.7 Å². The Kier molecular flexibility index (Phi) is 9.48. The molecule has 0 bridgehead atoms. The van der Waals surface area contributed by atoms with Crippen LogP contribution in [-0.2, 0) is 17.0 Å². The van der Waals surface area contributed by atoms with Crippen molar-refractivity contribution in [3.05, 3.63) is 77.0 Å². The summed E-state index contributed by atoms with van der Waals surface area (Å²) < 4.78 is 41.7. The lowest BCUT2D eigenvalue weighted by molar-refractivity contribution is -0.144. The average Bonchev–Trinajstić information content (AvgIpc) is 2.89. The Morgan fingerprint density at radius 2 is 1.66 bits per heavy atom. The molecular formula is C33H41F2NO5. The molecule has 1 heterocycles. The van der Waals surface area contributed by atoms with E-state index in [1.54, 1.807) is 30.3 Å². The molecule has 1 aromatic heterocycles. The Hall–Kier alpha value is -3.52. The van der Waals surface area contributed by atoms with Gasteiger partial charge in [-0.3, -0.25) is 4.79 Å². The number of methoxy groups -OCH3 is 1. The number of ether oxygens (including phenoxy) is 2. The molecular weight excluding hydrogens is 528 g/mol. The smallest absolute Gasteiger partial charge is 0.303 e. The number of hydrogen-bond acceptors (Lipinski definition) is 5. The van der Waals surface area contributed by atoms with Gasteiger partial charge in [0.25, 0.3) is 0 Å². The van der Waals surface area contributed by atoms with Crippen LogP contribution >= 0.6 is 0 Å². The van der Waals surface area contributed by atoms with Crippen LogP contribution in [0.25, 0.3) is 11.1 Å². The van der Waals surface area contributed by atoms with Crippen LogP contribution in [0.1, 0.15) is 83.9 Å². The van der Waals surface area contributed by atoms with Gasteiger partial charge in [0.15, 0.2) is 11.6 Å². The van der Waals surface area contributed by atoms with Gasteiger partial charge in [0.2, 0.25) is 5.88 Å². The molecule has 1 atom stereocenters. The van der Waals surface area contributed by atoms with Gasteiger partial charge in [0.1, 0.15) is 12.4 Å². The highest BCUT2D eigenvalue weighted by atomic mass is 19.1. The maximum Gasteiger partial charge on any atom is 0.303 e. The van der Waals surface area contributed by atoms with Crippen molar-refractivity contribution in [2.24, 2.45) is 10.8 Å². The number of hydrogen-bond donors (Lipinski definition) is 2. The Bertz CT molecular complexity index is 1380. The van der Waals surface area contributed by atoms with E-state index in [9.17, 15) is 15.0 Å². The molecule has 0 unspecified atom stereocenters. The van der Waals surface area contributed by atoms with Crippen LogP contribution < -0.4 is 9.47 Å². The number of carboxylic acids is 1. The molecule has 0 aliphatic heterocycles. The minimum Gasteiger partial charge on any atom is -0.486 e. The standard InChI is InChI=1S/C33H41F2NO5/c1-9-21(16-29(37)38)22-11-10-12-27(30(22)35)41-19-20-13-14-23(24-17-28(40-8)36-18-26(24)34)25(15-20)33(39,31(2,3)4)32(5,6)7/h10-15,17-18,21,39H,9,16,19H2,1-8H3,(H,37,38)/t21-/m1/s1. The molecule has 0 aliphatic carbocycles. The van der Waals surface area contributed by atoms with E-state index in [0.29, 0.717) is 28.7 Å². The van der Waals surface area contributed by atoms with Crippen molar-refractivity contribution < 1.29 is 33.3 Å². The van der Waals surface area contributed by atoms with Gasteiger partial charge in [-0.2, -0.15) is 0 Å².